The molecule has 1 aromatic rings. The van der Waals surface area contributed by atoms with E-state index in [1.54, 1.807) is 0 Å². The summed E-state index contributed by atoms with van der Waals surface area (Å²) in [4.78, 5) is 13.8. The van der Waals surface area contributed by atoms with Gasteiger partial charge in [-0.1, -0.05) is 40.2 Å². The van der Waals surface area contributed by atoms with E-state index in [2.05, 4.69) is 20.8 Å². The van der Waals surface area contributed by atoms with Crippen LogP contribution in [0.1, 0.15) is 15.9 Å². The number of alkyl halides is 1. The maximum atomic E-state index is 11.4. The van der Waals surface area contributed by atoms with Crippen LogP contribution in [0.25, 0.3) is 0 Å². The molecule has 92 valence electrons. The zero-order valence-electron chi connectivity index (χ0n) is 9.69. The fourth-order valence-electron chi connectivity index (χ4n) is 1.89. The van der Waals surface area contributed by atoms with Crippen molar-refractivity contribution in [2.24, 2.45) is 0 Å². The maximum Gasteiger partial charge on any atom is 0.173 e. The van der Waals surface area contributed by atoms with Crippen molar-refractivity contribution in [2.45, 2.75) is 6.54 Å². The molecule has 0 aromatic heterocycles. The number of Topliss-reactive ketones (excluding diaryl/α,β-unsaturated/α-hetero) is 1. The molecule has 0 bridgehead atoms. The highest BCUT2D eigenvalue weighted by Gasteiger charge is 2.11. The molecule has 1 aromatic carbocycles. The van der Waals surface area contributed by atoms with Crippen molar-refractivity contribution in [3.05, 3.63) is 35.4 Å². The molecule has 0 unspecified atom stereocenters. The molecule has 1 saturated heterocycles. The van der Waals surface area contributed by atoms with Crippen LogP contribution in [0.5, 0.6) is 0 Å². The van der Waals surface area contributed by atoms with Crippen LogP contribution in [-0.2, 0) is 11.3 Å². The molecule has 1 aliphatic heterocycles. The number of ether oxygens (including phenoxy) is 1. The number of rotatable bonds is 4. The average molecular weight is 298 g/mol. The normalized spacial score (nSPS) is 17.0. The topological polar surface area (TPSA) is 29.5 Å². The van der Waals surface area contributed by atoms with Crippen LogP contribution in [-0.4, -0.2) is 42.3 Å². The Hall–Kier alpha value is -0.710. The van der Waals surface area contributed by atoms with Gasteiger partial charge >= 0.3 is 0 Å². The fraction of sp³-hybridized carbons (Fsp3) is 0.462. The Morgan fingerprint density at radius 1 is 1.24 bits per heavy atom. The maximum absolute atomic E-state index is 11.4. The van der Waals surface area contributed by atoms with Crippen molar-refractivity contribution in [2.75, 3.05) is 31.6 Å². The van der Waals surface area contributed by atoms with Gasteiger partial charge in [0.05, 0.1) is 18.5 Å². The summed E-state index contributed by atoms with van der Waals surface area (Å²) in [5.41, 5.74) is 2.02. The van der Waals surface area contributed by atoms with Crippen LogP contribution < -0.4 is 0 Å². The van der Waals surface area contributed by atoms with Crippen LogP contribution in [0, 0.1) is 0 Å². The minimum Gasteiger partial charge on any atom is -0.379 e. The van der Waals surface area contributed by atoms with E-state index in [0.717, 1.165) is 38.4 Å². The fourth-order valence-corrected chi connectivity index (χ4v) is 2.21. The van der Waals surface area contributed by atoms with Gasteiger partial charge in [0.1, 0.15) is 0 Å². The minimum atomic E-state index is 0.128. The number of ketones is 1. The number of hydrogen-bond donors (Lipinski definition) is 0. The molecule has 2 rings (SSSR count). The van der Waals surface area contributed by atoms with Crippen molar-refractivity contribution in [3.63, 3.8) is 0 Å². The second kappa shape index (κ2) is 6.28. The highest BCUT2D eigenvalue weighted by molar-refractivity contribution is 9.09. The zero-order chi connectivity index (χ0) is 12.1. The first-order valence-electron chi connectivity index (χ1n) is 5.78. The van der Waals surface area contributed by atoms with Gasteiger partial charge in [-0.25, -0.2) is 0 Å². The smallest absolute Gasteiger partial charge is 0.173 e. The largest absolute Gasteiger partial charge is 0.379 e. The zero-order valence-corrected chi connectivity index (χ0v) is 11.3. The third kappa shape index (κ3) is 3.63. The highest BCUT2D eigenvalue weighted by atomic mass is 79.9. The average Bonchev–Trinajstić information content (AvgIpc) is 2.40. The molecule has 0 spiro atoms. The molecule has 1 aliphatic rings. The molecule has 0 atom stereocenters. The van der Waals surface area contributed by atoms with Gasteiger partial charge in [0.2, 0.25) is 0 Å². The van der Waals surface area contributed by atoms with Crippen LogP contribution in [0.3, 0.4) is 0 Å². The second-order valence-corrected chi connectivity index (χ2v) is 4.70. The van der Waals surface area contributed by atoms with Gasteiger partial charge in [0.25, 0.3) is 0 Å². The van der Waals surface area contributed by atoms with Crippen molar-refractivity contribution in [1.82, 2.24) is 4.90 Å². The first-order chi connectivity index (χ1) is 8.29. The highest BCUT2D eigenvalue weighted by Crippen LogP contribution is 2.10. The van der Waals surface area contributed by atoms with Crippen molar-refractivity contribution >= 4 is 21.7 Å². The van der Waals surface area contributed by atoms with Gasteiger partial charge in [0, 0.05) is 25.2 Å². The first kappa shape index (κ1) is 12.7. The predicted molar refractivity (Wildman–Crippen MR) is 70.7 cm³/mol. The van der Waals surface area contributed by atoms with Crippen LogP contribution in [0.2, 0.25) is 0 Å². The summed E-state index contributed by atoms with van der Waals surface area (Å²) in [6.07, 6.45) is 0. The molecule has 0 N–H and O–H groups in total. The second-order valence-electron chi connectivity index (χ2n) is 4.14. The van der Waals surface area contributed by atoms with E-state index in [9.17, 15) is 4.79 Å². The monoisotopic (exact) mass is 297 g/mol. The number of benzene rings is 1. The van der Waals surface area contributed by atoms with E-state index in [-0.39, 0.29) is 5.78 Å². The summed E-state index contributed by atoms with van der Waals surface area (Å²) >= 11 is 3.18. The summed E-state index contributed by atoms with van der Waals surface area (Å²) in [6.45, 7) is 4.55. The number of hydrogen-bond acceptors (Lipinski definition) is 3. The van der Waals surface area contributed by atoms with E-state index in [1.165, 1.54) is 5.56 Å². The SMILES string of the molecule is O=C(CBr)c1ccc(CN2CCOCC2)cc1. The summed E-state index contributed by atoms with van der Waals surface area (Å²) in [5, 5.41) is 0.385. The molecule has 0 aliphatic carbocycles. The Morgan fingerprint density at radius 2 is 1.88 bits per heavy atom. The molecule has 0 saturated carbocycles. The molecule has 4 heteroatoms. The Labute approximate surface area is 110 Å². The first-order valence-corrected chi connectivity index (χ1v) is 6.90. The van der Waals surface area contributed by atoms with Crippen LogP contribution in [0.4, 0.5) is 0 Å². The van der Waals surface area contributed by atoms with E-state index in [4.69, 9.17) is 4.74 Å². The third-order valence-corrected chi connectivity index (χ3v) is 3.42. The van der Waals surface area contributed by atoms with Crippen molar-refractivity contribution in [1.29, 1.82) is 0 Å². The molecule has 1 fully saturated rings. The van der Waals surface area contributed by atoms with Gasteiger partial charge in [-0.05, 0) is 5.56 Å². The Morgan fingerprint density at radius 3 is 2.47 bits per heavy atom. The molecule has 1 heterocycles. The molecule has 3 nitrogen and oxygen atoms in total. The molecular weight excluding hydrogens is 282 g/mol. The van der Waals surface area contributed by atoms with Crippen molar-refractivity contribution < 1.29 is 9.53 Å². The number of morpholine rings is 1. The lowest BCUT2D eigenvalue weighted by Crippen LogP contribution is -2.35. The summed E-state index contributed by atoms with van der Waals surface area (Å²) in [7, 11) is 0. The number of halogens is 1. The molecular formula is C13H16BrNO2. The van der Waals surface area contributed by atoms with Gasteiger partial charge in [0.15, 0.2) is 5.78 Å². The number of nitrogens with zero attached hydrogens (tertiary/aromatic N) is 1. The van der Waals surface area contributed by atoms with Gasteiger partial charge < -0.3 is 4.74 Å². The molecule has 0 amide bonds. The lowest BCUT2D eigenvalue weighted by molar-refractivity contribution is 0.0342. The Kier molecular flexibility index (Phi) is 4.71. The van der Waals surface area contributed by atoms with Crippen LogP contribution >= 0.6 is 15.9 Å². The van der Waals surface area contributed by atoms with Gasteiger partial charge in [-0.2, -0.15) is 0 Å². The molecule has 17 heavy (non-hydrogen) atoms. The summed E-state index contributed by atoms with van der Waals surface area (Å²) in [6, 6.07) is 7.87. The summed E-state index contributed by atoms with van der Waals surface area (Å²) < 4.78 is 5.31. The third-order valence-electron chi connectivity index (χ3n) is 2.91. The van der Waals surface area contributed by atoms with Gasteiger partial charge in [-0.3, -0.25) is 9.69 Å². The Bertz CT molecular complexity index is 372. The van der Waals surface area contributed by atoms with Crippen molar-refractivity contribution in [3.8, 4) is 0 Å². The lowest BCUT2D eigenvalue weighted by Gasteiger charge is -2.26. The summed E-state index contributed by atoms with van der Waals surface area (Å²) in [5.74, 6) is 0.128. The Balaban J connectivity index is 1.95. The standard InChI is InChI=1S/C13H16BrNO2/c14-9-13(16)12-3-1-11(2-4-12)10-15-5-7-17-8-6-15/h1-4H,5-10H2. The van der Waals surface area contributed by atoms with E-state index >= 15 is 0 Å². The van der Waals surface area contributed by atoms with Gasteiger partial charge in [-0.15, -0.1) is 0 Å². The van der Waals surface area contributed by atoms with E-state index in [0.29, 0.717) is 5.33 Å². The number of carbonyl (C=O) groups is 1. The van der Waals surface area contributed by atoms with Crippen LogP contribution in [0.15, 0.2) is 24.3 Å². The quantitative estimate of drug-likeness (QED) is 0.630. The lowest BCUT2D eigenvalue weighted by atomic mass is 10.1. The predicted octanol–water partition coefficient (Wildman–Crippen LogP) is 2.10. The van der Waals surface area contributed by atoms with E-state index in [1.807, 2.05) is 24.3 Å². The number of carbonyl (C=O) groups excluding carboxylic acids is 1. The van der Waals surface area contributed by atoms with E-state index < -0.39 is 0 Å². The minimum absolute atomic E-state index is 0.128. The molecule has 0 radical (unpaired) electrons.